The quantitative estimate of drug-likeness (QED) is 0.793. The van der Waals surface area contributed by atoms with Gasteiger partial charge in [-0.25, -0.2) is 4.39 Å². The fourth-order valence-corrected chi connectivity index (χ4v) is 2.14. The predicted octanol–water partition coefficient (Wildman–Crippen LogP) is 1.27. The Labute approximate surface area is 105 Å². The highest BCUT2D eigenvalue weighted by molar-refractivity contribution is 6.00. The third-order valence-corrected chi connectivity index (χ3v) is 3.06. The van der Waals surface area contributed by atoms with E-state index in [1.165, 1.54) is 15.9 Å². The summed E-state index contributed by atoms with van der Waals surface area (Å²) in [6, 6.07) is 6.11. The maximum Gasteiger partial charge on any atom is 0.227 e. The third kappa shape index (κ3) is 2.20. The van der Waals surface area contributed by atoms with E-state index >= 15 is 0 Å². The molecule has 18 heavy (non-hydrogen) atoms. The zero-order valence-electron chi connectivity index (χ0n) is 10.4. The van der Waals surface area contributed by atoms with Crippen LogP contribution in [0.15, 0.2) is 24.3 Å². The largest absolute Gasteiger partial charge is 0.349 e. The topological polar surface area (TPSA) is 40.6 Å². The van der Waals surface area contributed by atoms with Gasteiger partial charge < -0.3 is 9.80 Å². The van der Waals surface area contributed by atoms with E-state index in [9.17, 15) is 14.0 Å². The maximum atomic E-state index is 13.6. The molecular weight excluding hydrogens is 235 g/mol. The number of halogens is 1. The van der Waals surface area contributed by atoms with Crippen molar-refractivity contribution in [1.29, 1.82) is 0 Å². The van der Waals surface area contributed by atoms with E-state index in [1.54, 1.807) is 32.3 Å². The summed E-state index contributed by atoms with van der Waals surface area (Å²) in [7, 11) is 3.30. The number of hydrogen-bond acceptors (Lipinski definition) is 2. The van der Waals surface area contributed by atoms with Gasteiger partial charge in [-0.3, -0.25) is 9.59 Å². The summed E-state index contributed by atoms with van der Waals surface area (Å²) in [5, 5.41) is 0. The molecule has 1 saturated heterocycles. The van der Waals surface area contributed by atoms with Crippen LogP contribution in [-0.4, -0.2) is 37.4 Å². The SMILES string of the molecule is CN(C)C(=O)C1CC(=O)N(c2ccccc2F)C1. The van der Waals surface area contributed by atoms with Gasteiger partial charge in [-0.2, -0.15) is 0 Å². The van der Waals surface area contributed by atoms with Gasteiger partial charge in [-0.15, -0.1) is 0 Å². The van der Waals surface area contributed by atoms with Crippen LogP contribution in [0.3, 0.4) is 0 Å². The molecule has 0 N–H and O–H groups in total. The van der Waals surface area contributed by atoms with Crippen LogP contribution in [0.1, 0.15) is 6.42 Å². The summed E-state index contributed by atoms with van der Waals surface area (Å²) in [4.78, 5) is 26.5. The van der Waals surface area contributed by atoms with Crippen molar-refractivity contribution in [3.05, 3.63) is 30.1 Å². The molecule has 2 rings (SSSR count). The van der Waals surface area contributed by atoms with Gasteiger partial charge in [0.25, 0.3) is 0 Å². The smallest absolute Gasteiger partial charge is 0.227 e. The molecule has 5 heteroatoms. The normalized spacial score (nSPS) is 19.2. The first kappa shape index (κ1) is 12.5. The first-order valence-electron chi connectivity index (χ1n) is 5.76. The van der Waals surface area contributed by atoms with Gasteiger partial charge in [0.05, 0.1) is 11.6 Å². The van der Waals surface area contributed by atoms with Gasteiger partial charge in [0.1, 0.15) is 5.82 Å². The summed E-state index contributed by atoms with van der Waals surface area (Å²) in [5.41, 5.74) is 0.247. The van der Waals surface area contributed by atoms with E-state index in [0.29, 0.717) is 0 Å². The molecule has 4 nitrogen and oxygen atoms in total. The van der Waals surface area contributed by atoms with Crippen LogP contribution in [0.2, 0.25) is 0 Å². The highest BCUT2D eigenvalue weighted by Gasteiger charge is 2.36. The molecule has 1 aromatic carbocycles. The maximum absolute atomic E-state index is 13.6. The molecular formula is C13H15FN2O2. The van der Waals surface area contributed by atoms with E-state index < -0.39 is 5.82 Å². The Morgan fingerprint density at radius 3 is 2.67 bits per heavy atom. The summed E-state index contributed by atoms with van der Waals surface area (Å²) in [5.74, 6) is -1.13. The zero-order valence-corrected chi connectivity index (χ0v) is 10.4. The number of carbonyl (C=O) groups is 2. The molecule has 1 fully saturated rings. The van der Waals surface area contributed by atoms with Crippen molar-refractivity contribution in [1.82, 2.24) is 4.90 Å². The summed E-state index contributed by atoms with van der Waals surface area (Å²) >= 11 is 0. The van der Waals surface area contributed by atoms with Gasteiger partial charge in [-0.1, -0.05) is 12.1 Å². The Morgan fingerprint density at radius 1 is 1.39 bits per heavy atom. The standard InChI is InChI=1S/C13H15FN2O2/c1-15(2)13(18)9-7-12(17)16(8-9)11-6-4-3-5-10(11)14/h3-6,9H,7-8H2,1-2H3. The van der Waals surface area contributed by atoms with Crippen molar-refractivity contribution in [2.45, 2.75) is 6.42 Å². The summed E-state index contributed by atoms with van der Waals surface area (Å²) in [6.45, 7) is 0.247. The molecule has 2 amide bonds. The minimum absolute atomic E-state index is 0.0952. The average Bonchev–Trinajstić information content (AvgIpc) is 2.71. The molecule has 1 aliphatic heterocycles. The van der Waals surface area contributed by atoms with E-state index in [0.717, 1.165) is 0 Å². The molecule has 0 aromatic heterocycles. The number of anilines is 1. The first-order valence-corrected chi connectivity index (χ1v) is 5.76. The van der Waals surface area contributed by atoms with Crippen LogP contribution in [0, 0.1) is 11.7 Å². The number of nitrogens with zero attached hydrogens (tertiary/aromatic N) is 2. The summed E-state index contributed by atoms with van der Waals surface area (Å²) < 4.78 is 13.6. The van der Waals surface area contributed by atoms with Crippen LogP contribution in [0.5, 0.6) is 0 Å². The lowest BCUT2D eigenvalue weighted by Gasteiger charge is -2.18. The van der Waals surface area contributed by atoms with Crippen molar-refractivity contribution in [2.24, 2.45) is 5.92 Å². The summed E-state index contributed by atoms with van der Waals surface area (Å²) in [6.07, 6.45) is 0.144. The highest BCUT2D eigenvalue weighted by atomic mass is 19.1. The van der Waals surface area contributed by atoms with E-state index in [-0.39, 0.29) is 36.4 Å². The molecule has 0 aliphatic carbocycles. The van der Waals surface area contributed by atoms with Crippen molar-refractivity contribution < 1.29 is 14.0 Å². The molecule has 1 unspecified atom stereocenters. The van der Waals surface area contributed by atoms with Crippen LogP contribution in [-0.2, 0) is 9.59 Å². The van der Waals surface area contributed by atoms with Crippen LogP contribution in [0.4, 0.5) is 10.1 Å². The number of amides is 2. The fourth-order valence-electron chi connectivity index (χ4n) is 2.14. The van der Waals surface area contributed by atoms with Crippen LogP contribution >= 0.6 is 0 Å². The lowest BCUT2D eigenvalue weighted by Crippen LogP contribution is -2.32. The monoisotopic (exact) mass is 250 g/mol. The molecule has 0 spiro atoms. The van der Waals surface area contributed by atoms with Crippen molar-refractivity contribution >= 4 is 17.5 Å². The lowest BCUT2D eigenvalue weighted by atomic mass is 10.1. The molecule has 1 aliphatic rings. The highest BCUT2D eigenvalue weighted by Crippen LogP contribution is 2.27. The van der Waals surface area contributed by atoms with Gasteiger partial charge in [-0.05, 0) is 12.1 Å². The predicted molar refractivity (Wildman–Crippen MR) is 65.6 cm³/mol. The van der Waals surface area contributed by atoms with Crippen molar-refractivity contribution in [2.75, 3.05) is 25.5 Å². The molecule has 1 heterocycles. The van der Waals surface area contributed by atoms with E-state index in [2.05, 4.69) is 0 Å². The third-order valence-electron chi connectivity index (χ3n) is 3.06. The first-order chi connectivity index (χ1) is 8.50. The van der Waals surface area contributed by atoms with Gasteiger partial charge in [0, 0.05) is 27.1 Å². The van der Waals surface area contributed by atoms with Gasteiger partial charge in [0.2, 0.25) is 11.8 Å². The fraction of sp³-hybridized carbons (Fsp3) is 0.385. The zero-order chi connectivity index (χ0) is 13.3. The Kier molecular flexibility index (Phi) is 3.32. The minimum Gasteiger partial charge on any atom is -0.349 e. The molecule has 1 aromatic rings. The Morgan fingerprint density at radius 2 is 2.06 bits per heavy atom. The minimum atomic E-state index is -0.441. The van der Waals surface area contributed by atoms with Crippen molar-refractivity contribution in [3.63, 3.8) is 0 Å². The van der Waals surface area contributed by atoms with Crippen LogP contribution in [0.25, 0.3) is 0 Å². The van der Waals surface area contributed by atoms with Crippen LogP contribution < -0.4 is 4.90 Å². The number of rotatable bonds is 2. The Bertz CT molecular complexity index is 488. The van der Waals surface area contributed by atoms with E-state index in [4.69, 9.17) is 0 Å². The molecule has 0 bridgehead atoms. The lowest BCUT2D eigenvalue weighted by molar-refractivity contribution is -0.133. The van der Waals surface area contributed by atoms with Crippen molar-refractivity contribution in [3.8, 4) is 0 Å². The average molecular weight is 250 g/mol. The van der Waals surface area contributed by atoms with Gasteiger partial charge >= 0.3 is 0 Å². The number of carbonyl (C=O) groups excluding carboxylic acids is 2. The second-order valence-corrected chi connectivity index (χ2v) is 4.59. The number of hydrogen-bond donors (Lipinski definition) is 0. The molecule has 96 valence electrons. The van der Waals surface area contributed by atoms with E-state index in [1.807, 2.05) is 0 Å². The second kappa shape index (κ2) is 4.76. The number of para-hydroxylation sites is 1. The number of benzene rings is 1. The Balaban J connectivity index is 2.20. The molecule has 1 atom stereocenters. The Hall–Kier alpha value is -1.91. The second-order valence-electron chi connectivity index (χ2n) is 4.59. The molecule has 0 radical (unpaired) electrons. The molecule has 0 saturated carbocycles. The van der Waals surface area contributed by atoms with Gasteiger partial charge in [0.15, 0.2) is 0 Å².